The molecule has 0 saturated heterocycles. The number of carbonyl (C=O) groups is 1. The van der Waals surface area contributed by atoms with Gasteiger partial charge in [0.25, 0.3) is 5.91 Å². The Morgan fingerprint density at radius 2 is 1.97 bits per heavy atom. The van der Waals surface area contributed by atoms with Crippen molar-refractivity contribution in [2.24, 2.45) is 0 Å². The van der Waals surface area contributed by atoms with Crippen LogP contribution >= 0.6 is 0 Å². The summed E-state index contributed by atoms with van der Waals surface area (Å²) in [5, 5.41) is 21.9. The Balaban J connectivity index is 1.63. The Kier molecular flexibility index (Phi) is 5.41. The molecule has 1 atom stereocenters. The number of hydrogen-bond donors (Lipinski definition) is 3. The summed E-state index contributed by atoms with van der Waals surface area (Å²) >= 11 is 0. The third kappa shape index (κ3) is 3.79. The van der Waals surface area contributed by atoms with E-state index in [1.54, 1.807) is 0 Å². The molecule has 0 saturated carbocycles. The van der Waals surface area contributed by atoms with Crippen LogP contribution in [-0.2, 0) is 22.7 Å². The van der Waals surface area contributed by atoms with E-state index in [1.165, 1.54) is 0 Å². The second kappa shape index (κ2) is 7.99. The summed E-state index contributed by atoms with van der Waals surface area (Å²) in [4.78, 5) is 14.7. The van der Waals surface area contributed by atoms with Crippen LogP contribution in [0.15, 0.2) is 42.5 Å². The standard InChI is InChI=1S/C23H26N2O4/c1-14(2)25(11-17(27)12-26)10-15-7-8-18-16(9-15)13-29-22(18)21-19-5-3-4-6-20(19)24-23(21)28/h3-9,14,17,26-27H,10-13H2,1-2H3,(H,24,28)/b22-21+/t17-/m0/s1. The predicted octanol–water partition coefficient (Wildman–Crippen LogP) is 2.60. The van der Waals surface area contributed by atoms with Gasteiger partial charge in [-0.3, -0.25) is 9.69 Å². The third-order valence-electron chi connectivity index (χ3n) is 5.46. The minimum atomic E-state index is -0.757. The van der Waals surface area contributed by atoms with Crippen molar-refractivity contribution < 1.29 is 19.7 Å². The number of para-hydroxylation sites is 1. The van der Waals surface area contributed by atoms with Crippen LogP contribution in [0.5, 0.6) is 0 Å². The molecular weight excluding hydrogens is 368 g/mol. The number of nitrogens with one attached hydrogen (secondary N) is 1. The van der Waals surface area contributed by atoms with Gasteiger partial charge in [0.2, 0.25) is 0 Å². The highest BCUT2D eigenvalue weighted by molar-refractivity contribution is 6.36. The molecule has 0 fully saturated rings. The number of aliphatic hydroxyl groups excluding tert-OH is 2. The number of rotatable bonds is 6. The van der Waals surface area contributed by atoms with Crippen molar-refractivity contribution in [1.82, 2.24) is 4.90 Å². The lowest BCUT2D eigenvalue weighted by atomic mass is 9.99. The molecule has 0 aromatic heterocycles. The first kappa shape index (κ1) is 19.6. The second-order valence-corrected chi connectivity index (χ2v) is 7.84. The van der Waals surface area contributed by atoms with Crippen LogP contribution in [-0.4, -0.2) is 46.3 Å². The monoisotopic (exact) mass is 394 g/mol. The maximum absolute atomic E-state index is 12.5. The lowest BCUT2D eigenvalue weighted by Gasteiger charge is -2.28. The van der Waals surface area contributed by atoms with Crippen molar-refractivity contribution >= 4 is 22.9 Å². The molecule has 2 heterocycles. The molecule has 0 aliphatic carbocycles. The Morgan fingerprint density at radius 1 is 1.17 bits per heavy atom. The van der Waals surface area contributed by atoms with Crippen LogP contribution in [0.1, 0.15) is 36.1 Å². The summed E-state index contributed by atoms with van der Waals surface area (Å²) in [5.41, 5.74) is 5.36. The number of carbonyl (C=O) groups excluding carboxylic acids is 1. The van der Waals surface area contributed by atoms with E-state index in [2.05, 4.69) is 30.1 Å². The van der Waals surface area contributed by atoms with Gasteiger partial charge in [0.1, 0.15) is 12.4 Å². The van der Waals surface area contributed by atoms with E-state index in [9.17, 15) is 9.90 Å². The fraction of sp³-hybridized carbons (Fsp3) is 0.348. The van der Waals surface area contributed by atoms with Gasteiger partial charge in [-0.25, -0.2) is 0 Å². The van der Waals surface area contributed by atoms with Gasteiger partial charge in [0.05, 0.1) is 18.3 Å². The van der Waals surface area contributed by atoms with Gasteiger partial charge < -0.3 is 20.3 Å². The summed E-state index contributed by atoms with van der Waals surface area (Å²) in [7, 11) is 0. The molecule has 2 aliphatic rings. The van der Waals surface area contributed by atoms with Crippen LogP contribution in [0.2, 0.25) is 0 Å². The van der Waals surface area contributed by atoms with Crippen molar-refractivity contribution in [3.63, 3.8) is 0 Å². The first-order valence-corrected chi connectivity index (χ1v) is 9.91. The minimum absolute atomic E-state index is 0.137. The van der Waals surface area contributed by atoms with Gasteiger partial charge in [-0.15, -0.1) is 0 Å². The van der Waals surface area contributed by atoms with Crippen LogP contribution < -0.4 is 5.32 Å². The first-order chi connectivity index (χ1) is 14.0. The average Bonchev–Trinajstić information content (AvgIpc) is 3.26. The Bertz CT molecular complexity index is 967. The van der Waals surface area contributed by atoms with Crippen molar-refractivity contribution in [2.45, 2.75) is 39.1 Å². The Labute approximate surface area is 170 Å². The smallest absolute Gasteiger partial charge is 0.260 e. The maximum Gasteiger partial charge on any atom is 0.260 e. The van der Waals surface area contributed by atoms with Crippen molar-refractivity contribution in [3.8, 4) is 0 Å². The number of ether oxygens (including phenoxy) is 1. The number of amides is 1. The van der Waals surface area contributed by atoms with E-state index >= 15 is 0 Å². The zero-order valence-corrected chi connectivity index (χ0v) is 16.7. The summed E-state index contributed by atoms with van der Waals surface area (Å²) in [6.45, 7) is 5.39. The van der Waals surface area contributed by atoms with Crippen molar-refractivity contribution in [3.05, 3.63) is 64.7 Å². The molecule has 1 amide bonds. The molecule has 2 aromatic rings. The second-order valence-electron chi connectivity index (χ2n) is 7.84. The van der Waals surface area contributed by atoms with Gasteiger partial charge in [-0.2, -0.15) is 0 Å². The molecule has 0 radical (unpaired) electrons. The Hall–Kier alpha value is -2.67. The molecule has 6 heteroatoms. The zero-order chi connectivity index (χ0) is 20.5. The number of nitrogens with zero attached hydrogens (tertiary/aromatic N) is 1. The van der Waals surface area contributed by atoms with E-state index in [0.717, 1.165) is 27.9 Å². The third-order valence-corrected chi connectivity index (χ3v) is 5.46. The highest BCUT2D eigenvalue weighted by Crippen LogP contribution is 2.41. The topological polar surface area (TPSA) is 82.0 Å². The molecule has 4 rings (SSSR count). The van der Waals surface area contributed by atoms with E-state index < -0.39 is 6.10 Å². The van der Waals surface area contributed by atoms with E-state index in [0.29, 0.717) is 31.0 Å². The molecule has 29 heavy (non-hydrogen) atoms. The molecule has 0 unspecified atom stereocenters. The fourth-order valence-corrected chi connectivity index (χ4v) is 3.88. The van der Waals surface area contributed by atoms with Crippen LogP contribution in [0.4, 0.5) is 5.69 Å². The quantitative estimate of drug-likeness (QED) is 0.656. The predicted molar refractivity (Wildman–Crippen MR) is 112 cm³/mol. The highest BCUT2D eigenvalue weighted by atomic mass is 16.5. The summed E-state index contributed by atoms with van der Waals surface area (Å²) in [6, 6.07) is 14.0. The van der Waals surface area contributed by atoms with Gasteiger partial charge >= 0.3 is 0 Å². The number of anilines is 1. The van der Waals surface area contributed by atoms with Gasteiger partial charge in [0.15, 0.2) is 0 Å². The van der Waals surface area contributed by atoms with Crippen LogP contribution in [0.25, 0.3) is 11.3 Å². The molecule has 0 bridgehead atoms. The fourth-order valence-electron chi connectivity index (χ4n) is 3.88. The summed E-state index contributed by atoms with van der Waals surface area (Å²) in [5.74, 6) is 0.493. The molecule has 0 spiro atoms. The largest absolute Gasteiger partial charge is 0.487 e. The van der Waals surface area contributed by atoms with Crippen molar-refractivity contribution in [2.75, 3.05) is 18.5 Å². The molecular formula is C23H26N2O4. The molecule has 2 aliphatic heterocycles. The molecule has 152 valence electrons. The normalized spacial score (nSPS) is 18.6. The molecule has 3 N–H and O–H groups in total. The van der Waals surface area contributed by atoms with Gasteiger partial charge in [-0.05, 0) is 25.5 Å². The Morgan fingerprint density at radius 3 is 2.72 bits per heavy atom. The van der Waals surface area contributed by atoms with E-state index in [-0.39, 0.29) is 18.6 Å². The molecule has 6 nitrogen and oxygen atoms in total. The number of aliphatic hydroxyl groups is 2. The summed E-state index contributed by atoms with van der Waals surface area (Å²) < 4.78 is 5.96. The minimum Gasteiger partial charge on any atom is -0.487 e. The van der Waals surface area contributed by atoms with Crippen LogP contribution in [0.3, 0.4) is 0 Å². The van der Waals surface area contributed by atoms with Crippen LogP contribution in [0, 0.1) is 0 Å². The zero-order valence-electron chi connectivity index (χ0n) is 16.7. The summed E-state index contributed by atoms with van der Waals surface area (Å²) in [6.07, 6.45) is -0.757. The van der Waals surface area contributed by atoms with Crippen molar-refractivity contribution in [1.29, 1.82) is 0 Å². The lowest BCUT2D eigenvalue weighted by Crippen LogP contribution is -2.38. The maximum atomic E-state index is 12.5. The van der Waals surface area contributed by atoms with Gasteiger partial charge in [-0.1, -0.05) is 36.4 Å². The van der Waals surface area contributed by atoms with E-state index in [1.807, 2.05) is 36.4 Å². The highest BCUT2D eigenvalue weighted by Gasteiger charge is 2.32. The number of hydrogen-bond acceptors (Lipinski definition) is 5. The lowest BCUT2D eigenvalue weighted by molar-refractivity contribution is -0.110. The van der Waals surface area contributed by atoms with E-state index in [4.69, 9.17) is 9.84 Å². The first-order valence-electron chi connectivity index (χ1n) is 9.91. The average molecular weight is 394 g/mol. The SMILES string of the molecule is CC(C)N(Cc1ccc2c(c1)CO/C2=C1/C(=O)Nc2ccccc21)C[C@H](O)CO. The number of benzene rings is 2. The number of fused-ring (bicyclic) bond motifs is 2. The molecule has 2 aromatic carbocycles. The van der Waals surface area contributed by atoms with Gasteiger partial charge in [0, 0.05) is 41.5 Å².